The standard InChI is InChI=1S/C18H21FN2OS/c1-12-16(13-3-5-14(19)6-4-13)11-17(23-12)18(22)21-9-7-15(20-2)8-10-21/h3-6,11,15,20H,7-10H2,1-2H3. The SMILES string of the molecule is CNC1CCN(C(=O)c2cc(-c3ccc(F)cc3)c(C)s2)CC1. The lowest BCUT2D eigenvalue weighted by atomic mass is 10.0. The minimum absolute atomic E-state index is 0.112. The van der Waals surface area contributed by atoms with E-state index in [9.17, 15) is 9.18 Å². The lowest BCUT2D eigenvalue weighted by Crippen LogP contribution is -2.43. The monoisotopic (exact) mass is 332 g/mol. The fraction of sp³-hybridized carbons (Fsp3) is 0.389. The van der Waals surface area contributed by atoms with Crippen LogP contribution in [0.2, 0.25) is 0 Å². The number of thiophene rings is 1. The third-order valence-electron chi connectivity index (χ3n) is 4.47. The predicted molar refractivity (Wildman–Crippen MR) is 92.4 cm³/mol. The molecular weight excluding hydrogens is 311 g/mol. The van der Waals surface area contributed by atoms with Gasteiger partial charge in [-0.25, -0.2) is 4.39 Å². The normalized spacial score (nSPS) is 15.9. The molecule has 3 nitrogen and oxygen atoms in total. The summed E-state index contributed by atoms with van der Waals surface area (Å²) in [6, 6.07) is 8.89. The van der Waals surface area contributed by atoms with Crippen LogP contribution in [0.5, 0.6) is 0 Å². The highest BCUT2D eigenvalue weighted by Crippen LogP contribution is 2.32. The third-order valence-corrected chi connectivity index (χ3v) is 5.51. The summed E-state index contributed by atoms with van der Waals surface area (Å²) in [5.41, 5.74) is 1.97. The van der Waals surface area contributed by atoms with Gasteiger partial charge in [-0.1, -0.05) is 12.1 Å². The number of nitrogens with zero attached hydrogens (tertiary/aromatic N) is 1. The summed E-state index contributed by atoms with van der Waals surface area (Å²) in [6.07, 6.45) is 1.99. The van der Waals surface area contributed by atoms with Crippen molar-refractivity contribution in [3.05, 3.63) is 45.9 Å². The van der Waals surface area contributed by atoms with Crippen molar-refractivity contribution >= 4 is 17.2 Å². The van der Waals surface area contributed by atoms with E-state index in [1.807, 2.05) is 24.9 Å². The number of hydrogen-bond acceptors (Lipinski definition) is 3. The first-order valence-electron chi connectivity index (χ1n) is 7.91. The van der Waals surface area contributed by atoms with E-state index in [4.69, 9.17) is 0 Å². The van der Waals surface area contributed by atoms with E-state index in [1.165, 1.54) is 23.5 Å². The van der Waals surface area contributed by atoms with Crippen LogP contribution in [0.15, 0.2) is 30.3 Å². The Morgan fingerprint density at radius 2 is 1.91 bits per heavy atom. The maximum Gasteiger partial charge on any atom is 0.263 e. The smallest absolute Gasteiger partial charge is 0.263 e. The second-order valence-electron chi connectivity index (χ2n) is 5.94. The molecule has 0 saturated carbocycles. The van der Waals surface area contributed by atoms with Gasteiger partial charge in [-0.2, -0.15) is 0 Å². The average molecular weight is 332 g/mol. The first kappa shape index (κ1) is 16.1. The van der Waals surface area contributed by atoms with Crippen molar-refractivity contribution in [2.75, 3.05) is 20.1 Å². The minimum Gasteiger partial charge on any atom is -0.338 e. The number of likely N-dealkylation sites (tertiary alicyclic amines) is 1. The van der Waals surface area contributed by atoms with Crippen LogP contribution in [-0.2, 0) is 0 Å². The van der Waals surface area contributed by atoms with E-state index >= 15 is 0 Å². The molecule has 3 rings (SSSR count). The van der Waals surface area contributed by atoms with Crippen molar-refractivity contribution < 1.29 is 9.18 Å². The maximum absolute atomic E-state index is 13.1. The van der Waals surface area contributed by atoms with E-state index in [1.54, 1.807) is 12.1 Å². The molecule has 2 aromatic rings. The van der Waals surface area contributed by atoms with Crippen LogP contribution in [0.1, 0.15) is 27.4 Å². The molecule has 0 atom stereocenters. The number of aryl methyl sites for hydroxylation is 1. The summed E-state index contributed by atoms with van der Waals surface area (Å²) in [6.45, 7) is 3.60. The van der Waals surface area contributed by atoms with E-state index in [-0.39, 0.29) is 11.7 Å². The lowest BCUT2D eigenvalue weighted by Gasteiger charge is -2.31. The molecule has 0 unspecified atom stereocenters. The largest absolute Gasteiger partial charge is 0.338 e. The number of carbonyl (C=O) groups excluding carboxylic acids is 1. The van der Waals surface area contributed by atoms with Gasteiger partial charge in [0.2, 0.25) is 0 Å². The molecule has 0 spiro atoms. The highest BCUT2D eigenvalue weighted by molar-refractivity contribution is 7.14. The van der Waals surface area contributed by atoms with Gasteiger partial charge in [0.05, 0.1) is 4.88 Å². The minimum atomic E-state index is -0.245. The molecule has 1 saturated heterocycles. The molecule has 1 N–H and O–H groups in total. The number of benzene rings is 1. The molecule has 122 valence electrons. The van der Waals surface area contributed by atoms with Crippen LogP contribution < -0.4 is 5.32 Å². The summed E-state index contributed by atoms with van der Waals surface area (Å²) in [5.74, 6) is -0.133. The van der Waals surface area contributed by atoms with Crippen molar-refractivity contribution in [3.8, 4) is 11.1 Å². The Hall–Kier alpha value is -1.72. The molecule has 1 aliphatic heterocycles. The van der Waals surface area contributed by atoms with Crippen LogP contribution in [0, 0.1) is 12.7 Å². The summed E-state index contributed by atoms with van der Waals surface area (Å²) in [5, 5.41) is 3.28. The van der Waals surface area contributed by atoms with Gasteiger partial charge in [0.25, 0.3) is 5.91 Å². The van der Waals surface area contributed by atoms with Crippen molar-refractivity contribution in [3.63, 3.8) is 0 Å². The van der Waals surface area contributed by atoms with Crippen LogP contribution in [0.4, 0.5) is 4.39 Å². The first-order chi connectivity index (χ1) is 11.1. The maximum atomic E-state index is 13.1. The number of amides is 1. The Morgan fingerprint density at radius 3 is 2.52 bits per heavy atom. The topological polar surface area (TPSA) is 32.3 Å². The summed E-state index contributed by atoms with van der Waals surface area (Å²) >= 11 is 1.52. The van der Waals surface area contributed by atoms with E-state index in [2.05, 4.69) is 5.32 Å². The molecular formula is C18H21FN2OS. The number of hydrogen-bond donors (Lipinski definition) is 1. The second kappa shape index (κ2) is 6.81. The number of carbonyl (C=O) groups is 1. The van der Waals surface area contributed by atoms with E-state index in [0.717, 1.165) is 46.8 Å². The van der Waals surface area contributed by atoms with Gasteiger partial charge in [0.1, 0.15) is 5.82 Å². The molecule has 1 fully saturated rings. The van der Waals surface area contributed by atoms with Gasteiger partial charge >= 0.3 is 0 Å². The summed E-state index contributed by atoms with van der Waals surface area (Å²) < 4.78 is 13.1. The number of halogens is 1. The van der Waals surface area contributed by atoms with Gasteiger partial charge in [-0.15, -0.1) is 11.3 Å². The van der Waals surface area contributed by atoms with Crippen molar-refractivity contribution in [1.29, 1.82) is 0 Å². The average Bonchev–Trinajstić information content (AvgIpc) is 2.97. The first-order valence-corrected chi connectivity index (χ1v) is 8.73. The van der Waals surface area contributed by atoms with Gasteiger partial charge < -0.3 is 10.2 Å². The highest BCUT2D eigenvalue weighted by atomic mass is 32.1. The van der Waals surface area contributed by atoms with E-state index < -0.39 is 0 Å². The number of rotatable bonds is 3. The van der Waals surface area contributed by atoms with Crippen LogP contribution >= 0.6 is 11.3 Å². The van der Waals surface area contributed by atoms with Gasteiger partial charge in [-0.05, 0) is 56.1 Å². The Bertz CT molecular complexity index is 688. The molecule has 5 heteroatoms. The fourth-order valence-electron chi connectivity index (χ4n) is 3.03. The highest BCUT2D eigenvalue weighted by Gasteiger charge is 2.24. The molecule has 1 amide bonds. The molecule has 23 heavy (non-hydrogen) atoms. The number of nitrogens with one attached hydrogen (secondary N) is 1. The predicted octanol–water partition coefficient (Wildman–Crippen LogP) is 3.69. The number of piperidine rings is 1. The van der Waals surface area contributed by atoms with Gasteiger partial charge in [-0.3, -0.25) is 4.79 Å². The van der Waals surface area contributed by atoms with Crippen molar-refractivity contribution in [1.82, 2.24) is 10.2 Å². The molecule has 1 aliphatic rings. The Labute approximate surface area is 140 Å². The van der Waals surface area contributed by atoms with Gasteiger partial charge in [0, 0.05) is 24.0 Å². The Morgan fingerprint density at radius 1 is 1.26 bits per heavy atom. The van der Waals surface area contributed by atoms with Crippen LogP contribution in [-0.4, -0.2) is 37.0 Å². The zero-order valence-electron chi connectivity index (χ0n) is 13.4. The molecule has 0 radical (unpaired) electrons. The second-order valence-corrected chi connectivity index (χ2v) is 7.20. The molecule has 1 aromatic carbocycles. The van der Waals surface area contributed by atoms with E-state index in [0.29, 0.717) is 6.04 Å². The van der Waals surface area contributed by atoms with Crippen LogP contribution in [0.25, 0.3) is 11.1 Å². The molecule has 1 aromatic heterocycles. The molecule has 0 bridgehead atoms. The van der Waals surface area contributed by atoms with Crippen molar-refractivity contribution in [2.24, 2.45) is 0 Å². The fourth-order valence-corrected chi connectivity index (χ4v) is 4.04. The van der Waals surface area contributed by atoms with Gasteiger partial charge in [0.15, 0.2) is 0 Å². The summed E-state index contributed by atoms with van der Waals surface area (Å²) in [7, 11) is 1.97. The Balaban J connectivity index is 1.78. The molecule has 2 heterocycles. The summed E-state index contributed by atoms with van der Waals surface area (Å²) in [4.78, 5) is 16.5. The lowest BCUT2D eigenvalue weighted by molar-refractivity contribution is 0.0712. The van der Waals surface area contributed by atoms with Crippen molar-refractivity contribution in [2.45, 2.75) is 25.8 Å². The zero-order valence-corrected chi connectivity index (χ0v) is 14.3. The zero-order chi connectivity index (χ0) is 16.4. The van der Waals surface area contributed by atoms with Crippen LogP contribution in [0.3, 0.4) is 0 Å². The third kappa shape index (κ3) is 3.46. The molecule has 0 aliphatic carbocycles. The quantitative estimate of drug-likeness (QED) is 0.930. The Kier molecular flexibility index (Phi) is 4.78.